The van der Waals surface area contributed by atoms with Crippen molar-refractivity contribution in [3.63, 3.8) is 0 Å². The summed E-state index contributed by atoms with van der Waals surface area (Å²) in [7, 11) is -3.96. The minimum absolute atomic E-state index is 0.0390. The minimum atomic E-state index is -3.96. The van der Waals surface area contributed by atoms with Crippen LogP contribution in [0.5, 0.6) is 0 Å². The Labute approximate surface area is 202 Å². The minimum Gasteiger partial charge on any atom is -0.351 e. The molecular weight excluding hydrogens is 450 g/mol. The van der Waals surface area contributed by atoms with Crippen LogP contribution in [-0.4, -0.2) is 49.2 Å². The van der Waals surface area contributed by atoms with E-state index in [1.807, 2.05) is 38.1 Å². The van der Waals surface area contributed by atoms with Gasteiger partial charge in [-0.05, 0) is 57.9 Å². The third-order valence-corrected chi connectivity index (χ3v) is 8.73. The molecular formula is C26H33N3O4S. The number of nitrogens with one attached hydrogen (secondary N) is 1. The molecule has 4 rings (SSSR count). The zero-order chi connectivity index (χ0) is 24.5. The van der Waals surface area contributed by atoms with Gasteiger partial charge in [0.25, 0.3) is 0 Å². The molecule has 1 saturated heterocycles. The molecule has 2 fully saturated rings. The van der Waals surface area contributed by atoms with Crippen LogP contribution in [0.1, 0.15) is 50.2 Å². The standard InChI is InChI=1S/C26H33N3O4S/c1-19-9-13-22(14-10-19)29-24(30)17-28(34(32,33)23-15-11-20(2)12-16-23)18-26(29,3)25(31)27-21-7-5-4-6-8-21/h9-16,21H,4-8,17-18H2,1-3H3,(H,27,31)/t26-/m0/s1. The van der Waals surface area contributed by atoms with Crippen LogP contribution in [0.3, 0.4) is 0 Å². The number of sulfonamides is 1. The molecule has 0 bridgehead atoms. The van der Waals surface area contributed by atoms with Gasteiger partial charge in [-0.15, -0.1) is 0 Å². The number of hydrogen-bond acceptors (Lipinski definition) is 4. The van der Waals surface area contributed by atoms with Gasteiger partial charge in [0, 0.05) is 18.3 Å². The van der Waals surface area contributed by atoms with Gasteiger partial charge in [-0.25, -0.2) is 8.42 Å². The van der Waals surface area contributed by atoms with Crippen molar-refractivity contribution in [2.24, 2.45) is 0 Å². The van der Waals surface area contributed by atoms with Crippen LogP contribution >= 0.6 is 0 Å². The van der Waals surface area contributed by atoms with Crippen molar-refractivity contribution in [1.29, 1.82) is 0 Å². The largest absolute Gasteiger partial charge is 0.351 e. The van der Waals surface area contributed by atoms with Crippen LogP contribution in [0.15, 0.2) is 53.4 Å². The van der Waals surface area contributed by atoms with E-state index >= 15 is 0 Å². The van der Waals surface area contributed by atoms with Gasteiger partial charge < -0.3 is 5.32 Å². The molecule has 1 aliphatic carbocycles. The molecule has 1 heterocycles. The number of aryl methyl sites for hydroxylation is 2. The van der Waals surface area contributed by atoms with Gasteiger partial charge in [0.15, 0.2) is 0 Å². The first-order valence-electron chi connectivity index (χ1n) is 11.9. The molecule has 0 spiro atoms. The number of carbonyl (C=O) groups is 2. The Hall–Kier alpha value is -2.71. The third kappa shape index (κ3) is 4.74. The topological polar surface area (TPSA) is 86.8 Å². The fourth-order valence-corrected chi connectivity index (χ4v) is 6.36. The molecule has 8 heteroatoms. The molecule has 2 aromatic carbocycles. The zero-order valence-electron chi connectivity index (χ0n) is 20.1. The predicted molar refractivity (Wildman–Crippen MR) is 132 cm³/mol. The lowest BCUT2D eigenvalue weighted by Gasteiger charge is -2.47. The lowest BCUT2D eigenvalue weighted by Crippen LogP contribution is -2.70. The highest BCUT2D eigenvalue weighted by molar-refractivity contribution is 7.89. The highest BCUT2D eigenvalue weighted by Gasteiger charge is 2.51. The molecule has 0 unspecified atom stereocenters. The van der Waals surface area contributed by atoms with E-state index in [0.29, 0.717) is 5.69 Å². The molecule has 1 saturated carbocycles. The van der Waals surface area contributed by atoms with Crippen LogP contribution in [0, 0.1) is 13.8 Å². The Kier molecular flexibility index (Phi) is 6.82. The first kappa shape index (κ1) is 24.4. The summed E-state index contributed by atoms with van der Waals surface area (Å²) in [6.45, 7) is 5.05. The van der Waals surface area contributed by atoms with E-state index in [-0.39, 0.29) is 29.9 Å². The van der Waals surface area contributed by atoms with Crippen molar-refractivity contribution < 1.29 is 18.0 Å². The molecule has 7 nitrogen and oxygen atoms in total. The van der Waals surface area contributed by atoms with E-state index < -0.39 is 21.5 Å². The second-order valence-corrected chi connectivity index (χ2v) is 11.7. The summed E-state index contributed by atoms with van der Waals surface area (Å²) in [5.41, 5.74) is 1.17. The van der Waals surface area contributed by atoms with Gasteiger partial charge in [-0.3, -0.25) is 14.5 Å². The average Bonchev–Trinajstić information content (AvgIpc) is 2.81. The fraction of sp³-hybridized carbons (Fsp3) is 0.462. The van der Waals surface area contributed by atoms with E-state index in [1.54, 1.807) is 31.2 Å². The predicted octanol–water partition coefficient (Wildman–Crippen LogP) is 3.55. The van der Waals surface area contributed by atoms with Gasteiger partial charge in [0.05, 0.1) is 11.4 Å². The van der Waals surface area contributed by atoms with Crippen LogP contribution in [-0.2, 0) is 19.6 Å². The Morgan fingerprint density at radius 2 is 1.50 bits per heavy atom. The molecule has 2 aliphatic rings. The number of benzene rings is 2. The number of amides is 2. The normalized spacial score (nSPS) is 22.6. The van der Waals surface area contributed by atoms with E-state index in [4.69, 9.17) is 0 Å². The van der Waals surface area contributed by atoms with Gasteiger partial charge in [-0.2, -0.15) is 4.31 Å². The molecule has 0 aromatic heterocycles. The van der Waals surface area contributed by atoms with Gasteiger partial charge in [-0.1, -0.05) is 54.7 Å². The summed E-state index contributed by atoms with van der Waals surface area (Å²) >= 11 is 0. The number of nitrogens with zero attached hydrogens (tertiary/aromatic N) is 2. The number of hydrogen-bond donors (Lipinski definition) is 1. The smallest absolute Gasteiger partial charge is 0.247 e. The van der Waals surface area contributed by atoms with Crippen LogP contribution in [0.2, 0.25) is 0 Å². The van der Waals surface area contributed by atoms with Crippen molar-refractivity contribution in [2.75, 3.05) is 18.0 Å². The monoisotopic (exact) mass is 483 g/mol. The first-order chi connectivity index (χ1) is 16.1. The number of rotatable bonds is 5. The lowest BCUT2D eigenvalue weighted by molar-refractivity contribution is -0.133. The summed E-state index contributed by atoms with van der Waals surface area (Å²) < 4.78 is 28.1. The SMILES string of the molecule is Cc1ccc(N2C(=O)CN(S(=O)(=O)c3ccc(C)cc3)C[C@@]2(C)C(=O)NC2CCCCC2)cc1. The molecule has 0 radical (unpaired) electrons. The lowest BCUT2D eigenvalue weighted by atomic mass is 9.91. The molecule has 182 valence electrons. The second-order valence-electron chi connectivity index (χ2n) is 9.73. The van der Waals surface area contributed by atoms with Crippen LogP contribution in [0.4, 0.5) is 5.69 Å². The van der Waals surface area contributed by atoms with Gasteiger partial charge >= 0.3 is 0 Å². The van der Waals surface area contributed by atoms with Crippen molar-refractivity contribution in [3.05, 3.63) is 59.7 Å². The maximum absolute atomic E-state index is 13.7. The van der Waals surface area contributed by atoms with E-state index in [2.05, 4.69) is 5.32 Å². The quantitative estimate of drug-likeness (QED) is 0.705. The van der Waals surface area contributed by atoms with Crippen LogP contribution in [0.25, 0.3) is 0 Å². The summed E-state index contributed by atoms with van der Waals surface area (Å²) in [6, 6.07) is 14.0. The molecule has 1 N–H and O–H groups in total. The van der Waals surface area contributed by atoms with E-state index in [9.17, 15) is 18.0 Å². The maximum atomic E-state index is 13.7. The maximum Gasteiger partial charge on any atom is 0.247 e. The second kappa shape index (κ2) is 9.50. The Morgan fingerprint density at radius 1 is 0.941 bits per heavy atom. The van der Waals surface area contributed by atoms with E-state index in [0.717, 1.165) is 47.5 Å². The molecule has 34 heavy (non-hydrogen) atoms. The highest BCUT2D eigenvalue weighted by atomic mass is 32.2. The van der Waals surface area contributed by atoms with Crippen molar-refractivity contribution in [2.45, 2.75) is 69.4 Å². The van der Waals surface area contributed by atoms with Crippen LogP contribution < -0.4 is 10.2 Å². The van der Waals surface area contributed by atoms with Gasteiger partial charge in [0.2, 0.25) is 21.8 Å². The third-order valence-electron chi connectivity index (χ3n) is 6.92. The molecule has 2 aromatic rings. The summed E-state index contributed by atoms with van der Waals surface area (Å²) in [5, 5.41) is 3.13. The first-order valence-corrected chi connectivity index (χ1v) is 13.3. The Bertz CT molecular complexity index is 1160. The Morgan fingerprint density at radius 3 is 2.09 bits per heavy atom. The summed E-state index contributed by atoms with van der Waals surface area (Å²) in [4.78, 5) is 28.8. The average molecular weight is 484 g/mol. The number of anilines is 1. The summed E-state index contributed by atoms with van der Waals surface area (Å²) in [6.07, 6.45) is 5.05. The van der Waals surface area contributed by atoms with Gasteiger partial charge in [0.1, 0.15) is 5.54 Å². The van der Waals surface area contributed by atoms with Crippen molar-refractivity contribution >= 4 is 27.5 Å². The molecule has 1 aliphatic heterocycles. The fourth-order valence-electron chi connectivity index (χ4n) is 4.88. The van der Waals surface area contributed by atoms with Crippen molar-refractivity contribution in [1.82, 2.24) is 9.62 Å². The molecule has 2 amide bonds. The van der Waals surface area contributed by atoms with Crippen molar-refractivity contribution in [3.8, 4) is 0 Å². The zero-order valence-corrected chi connectivity index (χ0v) is 20.9. The molecule has 1 atom stereocenters. The summed E-state index contributed by atoms with van der Waals surface area (Å²) in [5.74, 6) is -0.746. The van der Waals surface area contributed by atoms with E-state index in [1.165, 1.54) is 4.90 Å². The number of piperazine rings is 1. The highest BCUT2D eigenvalue weighted by Crippen LogP contribution is 2.33. The number of carbonyl (C=O) groups excluding carboxylic acids is 2. The Balaban J connectivity index is 1.71.